The van der Waals surface area contributed by atoms with Crippen molar-refractivity contribution in [3.63, 3.8) is 0 Å². The van der Waals surface area contributed by atoms with E-state index in [1.807, 2.05) is 0 Å². The van der Waals surface area contributed by atoms with Gasteiger partial charge in [-0.2, -0.15) is 8.42 Å². The molecule has 0 amide bonds. The fraction of sp³-hybridized carbons (Fsp3) is 0.842. The summed E-state index contributed by atoms with van der Waals surface area (Å²) in [6.45, 7) is 2.12. The van der Waals surface area contributed by atoms with Crippen LogP contribution in [0.5, 0.6) is 0 Å². The van der Waals surface area contributed by atoms with E-state index >= 15 is 0 Å². The Hall–Kier alpha value is -0.880. The molecule has 1 unspecified atom stereocenters. The van der Waals surface area contributed by atoms with Crippen LogP contribution in [0, 0.1) is 5.92 Å². The molecule has 0 spiro atoms. The minimum atomic E-state index is -3.89. The number of aliphatic carboxylic acids is 1. The van der Waals surface area contributed by atoms with Crippen LogP contribution in [0.2, 0.25) is 0 Å². The summed E-state index contributed by atoms with van der Waals surface area (Å²) in [7, 11) is -3.89. The first kappa shape index (κ1) is 24.1. The van der Waals surface area contributed by atoms with E-state index in [9.17, 15) is 13.2 Å². The largest absolute Gasteiger partial charge is 0.481 e. The van der Waals surface area contributed by atoms with E-state index in [1.54, 1.807) is 0 Å². The van der Waals surface area contributed by atoms with E-state index in [2.05, 4.69) is 19.1 Å². The van der Waals surface area contributed by atoms with Gasteiger partial charge in [-0.3, -0.25) is 9.35 Å². The summed E-state index contributed by atoms with van der Waals surface area (Å²) in [6.07, 6.45) is 16.3. The van der Waals surface area contributed by atoms with Gasteiger partial charge in [0.05, 0.1) is 5.75 Å². The lowest BCUT2D eigenvalue weighted by atomic mass is 9.98. The average molecular weight is 377 g/mol. The van der Waals surface area contributed by atoms with Crippen LogP contribution in [-0.2, 0) is 14.9 Å². The van der Waals surface area contributed by atoms with Gasteiger partial charge in [0, 0.05) is 6.42 Å². The molecule has 2 N–H and O–H groups in total. The van der Waals surface area contributed by atoms with E-state index in [1.165, 1.54) is 0 Å². The number of hydrogen-bond donors (Lipinski definition) is 2. The van der Waals surface area contributed by atoms with Gasteiger partial charge in [-0.05, 0) is 44.4 Å². The molecule has 148 valence electrons. The monoisotopic (exact) mass is 376 g/mol. The third-order valence-corrected chi connectivity index (χ3v) is 5.22. The Balaban J connectivity index is 3.76. The van der Waals surface area contributed by atoms with Crippen molar-refractivity contribution >= 4 is 16.1 Å². The molecular formula is C19H36O5S. The molecule has 1 atom stereocenters. The first-order valence-corrected chi connectivity index (χ1v) is 11.3. The quantitative estimate of drug-likeness (QED) is 0.206. The molecule has 0 aromatic rings. The topological polar surface area (TPSA) is 91.7 Å². The zero-order valence-electron chi connectivity index (χ0n) is 15.7. The maximum atomic E-state index is 11.1. The average Bonchev–Trinajstić information content (AvgIpc) is 2.50. The van der Waals surface area contributed by atoms with Crippen molar-refractivity contribution in [3.8, 4) is 0 Å². The van der Waals surface area contributed by atoms with Crippen molar-refractivity contribution in [1.29, 1.82) is 0 Å². The van der Waals surface area contributed by atoms with Gasteiger partial charge in [-0.15, -0.1) is 0 Å². The Kier molecular flexibility index (Phi) is 14.8. The van der Waals surface area contributed by atoms with Gasteiger partial charge in [0.15, 0.2) is 0 Å². The lowest BCUT2D eigenvalue weighted by Crippen LogP contribution is -2.15. The van der Waals surface area contributed by atoms with Gasteiger partial charge in [-0.1, -0.05) is 57.6 Å². The molecule has 0 radical (unpaired) electrons. The normalized spacial score (nSPS) is 13.4. The lowest BCUT2D eigenvalue weighted by molar-refractivity contribution is -0.137. The first-order chi connectivity index (χ1) is 11.8. The smallest absolute Gasteiger partial charge is 0.303 e. The summed E-state index contributed by atoms with van der Waals surface area (Å²) in [5.41, 5.74) is 0. The van der Waals surface area contributed by atoms with Gasteiger partial charge in [0.2, 0.25) is 0 Å². The van der Waals surface area contributed by atoms with Crippen molar-refractivity contribution in [2.75, 3.05) is 5.75 Å². The minimum Gasteiger partial charge on any atom is -0.481 e. The molecule has 0 aliphatic rings. The van der Waals surface area contributed by atoms with Gasteiger partial charge in [0.25, 0.3) is 10.1 Å². The van der Waals surface area contributed by atoms with Crippen molar-refractivity contribution in [2.24, 2.45) is 5.92 Å². The number of rotatable bonds is 17. The number of allylic oxidation sites excluding steroid dienone is 2. The molecule has 0 aliphatic heterocycles. The second-order valence-corrected chi connectivity index (χ2v) is 8.36. The van der Waals surface area contributed by atoms with Crippen LogP contribution >= 0.6 is 0 Å². The summed E-state index contributed by atoms with van der Waals surface area (Å²) in [4.78, 5) is 10.4. The fourth-order valence-corrected chi connectivity index (χ4v) is 3.86. The number of hydrogen-bond acceptors (Lipinski definition) is 3. The van der Waals surface area contributed by atoms with Crippen molar-refractivity contribution < 1.29 is 22.9 Å². The van der Waals surface area contributed by atoms with Crippen LogP contribution in [-0.4, -0.2) is 29.8 Å². The van der Waals surface area contributed by atoms with Gasteiger partial charge < -0.3 is 5.11 Å². The van der Waals surface area contributed by atoms with E-state index in [0.29, 0.717) is 0 Å². The number of carboxylic acids is 1. The minimum absolute atomic E-state index is 0.0421. The highest BCUT2D eigenvalue weighted by Crippen LogP contribution is 2.18. The molecular weight excluding hydrogens is 340 g/mol. The zero-order valence-corrected chi connectivity index (χ0v) is 16.5. The van der Waals surface area contributed by atoms with Gasteiger partial charge in [-0.25, -0.2) is 0 Å². The Bertz CT molecular complexity index is 456. The predicted octanol–water partition coefficient (Wildman–Crippen LogP) is 5.22. The molecule has 5 nitrogen and oxygen atoms in total. The molecule has 0 rings (SSSR count). The molecule has 0 saturated heterocycles. The van der Waals surface area contributed by atoms with Gasteiger partial charge >= 0.3 is 5.97 Å². The maximum Gasteiger partial charge on any atom is 0.303 e. The van der Waals surface area contributed by atoms with Crippen LogP contribution in [0.15, 0.2) is 12.2 Å². The first-order valence-electron chi connectivity index (χ1n) is 9.67. The number of unbranched alkanes of at least 4 members (excludes halogenated alkanes) is 7. The highest BCUT2D eigenvalue weighted by Gasteiger charge is 2.15. The Morgan fingerprint density at radius 2 is 1.56 bits per heavy atom. The summed E-state index contributed by atoms with van der Waals surface area (Å²) in [6, 6.07) is 0. The summed E-state index contributed by atoms with van der Waals surface area (Å²) in [5, 5.41) is 8.54. The lowest BCUT2D eigenvalue weighted by Gasteiger charge is -2.13. The van der Waals surface area contributed by atoms with Crippen LogP contribution in [0.1, 0.15) is 90.4 Å². The van der Waals surface area contributed by atoms with E-state index < -0.39 is 16.1 Å². The van der Waals surface area contributed by atoms with Crippen LogP contribution in [0.25, 0.3) is 0 Å². The second-order valence-electron chi connectivity index (χ2n) is 6.86. The van der Waals surface area contributed by atoms with E-state index in [4.69, 9.17) is 9.66 Å². The highest BCUT2D eigenvalue weighted by molar-refractivity contribution is 7.85. The molecule has 25 heavy (non-hydrogen) atoms. The maximum absolute atomic E-state index is 11.1. The van der Waals surface area contributed by atoms with Crippen molar-refractivity contribution in [3.05, 3.63) is 12.2 Å². The predicted molar refractivity (Wildman–Crippen MR) is 102 cm³/mol. The molecule has 0 heterocycles. The molecule has 0 bridgehead atoms. The zero-order chi connectivity index (χ0) is 19.0. The molecule has 6 heteroatoms. The Morgan fingerprint density at radius 3 is 2.20 bits per heavy atom. The van der Waals surface area contributed by atoms with Crippen molar-refractivity contribution in [1.82, 2.24) is 0 Å². The Morgan fingerprint density at radius 1 is 0.920 bits per heavy atom. The molecule has 0 saturated carbocycles. The van der Waals surface area contributed by atoms with Crippen LogP contribution in [0.3, 0.4) is 0 Å². The number of carboxylic acid groups (broad SMARTS) is 1. The van der Waals surface area contributed by atoms with Crippen LogP contribution < -0.4 is 0 Å². The second kappa shape index (κ2) is 15.4. The number of carbonyl (C=O) groups is 1. The van der Waals surface area contributed by atoms with Crippen LogP contribution in [0.4, 0.5) is 0 Å². The van der Waals surface area contributed by atoms with Gasteiger partial charge in [0.1, 0.15) is 0 Å². The molecule has 0 fully saturated rings. The van der Waals surface area contributed by atoms with Crippen molar-refractivity contribution in [2.45, 2.75) is 90.4 Å². The standard InChI is InChI=1S/C19H36O5S/c1-2-3-11-14-18(17-25(22,23)24)15-12-9-7-5-4-6-8-10-13-16-19(20)21/h7,9,18H,2-6,8,10-17H2,1H3,(H,20,21)(H,22,23,24)/b9-7-. The SMILES string of the molecule is CCCCCC(CC/C=C\CCCCCCCC(=O)O)CS(=O)(=O)O. The Labute approximate surface area is 153 Å². The third-order valence-electron chi connectivity index (χ3n) is 4.33. The third kappa shape index (κ3) is 19.3. The molecule has 0 aromatic carbocycles. The fourth-order valence-electron chi connectivity index (χ4n) is 2.93. The van der Waals surface area contributed by atoms with E-state index in [0.717, 1.165) is 77.0 Å². The summed E-state index contributed by atoms with van der Waals surface area (Å²) < 4.78 is 31.3. The molecule has 0 aliphatic carbocycles. The molecule has 0 aromatic heterocycles. The summed E-state index contributed by atoms with van der Waals surface area (Å²) in [5.74, 6) is -0.800. The summed E-state index contributed by atoms with van der Waals surface area (Å²) >= 11 is 0. The highest BCUT2D eigenvalue weighted by atomic mass is 32.2. The van der Waals surface area contributed by atoms with E-state index in [-0.39, 0.29) is 18.1 Å².